The van der Waals surface area contributed by atoms with Crippen molar-refractivity contribution in [2.24, 2.45) is 7.05 Å². The highest BCUT2D eigenvalue weighted by Crippen LogP contribution is 2.22. The third kappa shape index (κ3) is 3.11. The summed E-state index contributed by atoms with van der Waals surface area (Å²) in [5, 5.41) is 5.58. The van der Waals surface area contributed by atoms with E-state index in [4.69, 9.17) is 4.74 Å². The van der Waals surface area contributed by atoms with Crippen LogP contribution in [0.4, 0.5) is 10.5 Å². The first-order valence-corrected chi connectivity index (χ1v) is 7.27. The van der Waals surface area contributed by atoms with Crippen molar-refractivity contribution >= 4 is 22.8 Å². The van der Waals surface area contributed by atoms with E-state index in [0.717, 1.165) is 16.9 Å². The van der Waals surface area contributed by atoms with Crippen LogP contribution in [-0.2, 0) is 13.6 Å². The lowest BCUT2D eigenvalue weighted by atomic mass is 10.3. The number of nitrogens with one attached hydrogen (secondary N) is 2. The third-order valence-corrected chi connectivity index (χ3v) is 3.64. The second-order valence-electron chi connectivity index (χ2n) is 5.08. The van der Waals surface area contributed by atoms with E-state index in [1.165, 1.54) is 0 Å². The van der Waals surface area contributed by atoms with Crippen molar-refractivity contribution in [1.82, 2.24) is 14.9 Å². The standard InChI is InChI=1S/C17H18N4O2/c1-21-14-9-5-3-7-12(14)19-16(21)11-18-17(22)20-13-8-4-6-10-15(13)23-2/h3-10H,11H2,1-2H3,(H2,18,20,22). The van der Waals surface area contributed by atoms with Crippen LogP contribution in [0.2, 0.25) is 0 Å². The van der Waals surface area contributed by atoms with Crippen molar-refractivity contribution in [1.29, 1.82) is 0 Å². The maximum atomic E-state index is 12.1. The maximum absolute atomic E-state index is 12.1. The fraction of sp³-hybridized carbons (Fsp3) is 0.176. The Labute approximate surface area is 134 Å². The molecule has 0 unspecified atom stereocenters. The summed E-state index contributed by atoms with van der Waals surface area (Å²) in [6.45, 7) is 0.339. The lowest BCUT2D eigenvalue weighted by molar-refractivity contribution is 0.251. The molecule has 0 aliphatic heterocycles. The van der Waals surface area contributed by atoms with Crippen LogP contribution in [0, 0.1) is 0 Å². The molecule has 118 valence electrons. The van der Waals surface area contributed by atoms with Gasteiger partial charge in [-0.25, -0.2) is 9.78 Å². The van der Waals surface area contributed by atoms with E-state index in [1.54, 1.807) is 19.2 Å². The summed E-state index contributed by atoms with van der Waals surface area (Å²) in [5.74, 6) is 1.41. The van der Waals surface area contributed by atoms with Crippen molar-refractivity contribution in [3.63, 3.8) is 0 Å². The Bertz CT molecular complexity index is 841. The van der Waals surface area contributed by atoms with Crippen LogP contribution < -0.4 is 15.4 Å². The van der Waals surface area contributed by atoms with E-state index in [-0.39, 0.29) is 6.03 Å². The minimum atomic E-state index is -0.304. The zero-order valence-electron chi connectivity index (χ0n) is 13.0. The number of hydrogen-bond acceptors (Lipinski definition) is 3. The van der Waals surface area contributed by atoms with E-state index in [0.29, 0.717) is 18.0 Å². The second kappa shape index (κ2) is 6.39. The van der Waals surface area contributed by atoms with Gasteiger partial charge in [-0.2, -0.15) is 0 Å². The first kappa shape index (κ1) is 14.9. The van der Waals surface area contributed by atoms with Crippen molar-refractivity contribution in [2.45, 2.75) is 6.54 Å². The van der Waals surface area contributed by atoms with E-state index in [9.17, 15) is 4.79 Å². The van der Waals surface area contributed by atoms with Crippen LogP contribution in [0.3, 0.4) is 0 Å². The number of urea groups is 1. The van der Waals surface area contributed by atoms with E-state index in [2.05, 4.69) is 15.6 Å². The van der Waals surface area contributed by atoms with E-state index >= 15 is 0 Å². The Balaban J connectivity index is 1.67. The minimum absolute atomic E-state index is 0.304. The number of ether oxygens (including phenoxy) is 1. The summed E-state index contributed by atoms with van der Waals surface area (Å²) < 4.78 is 7.18. The zero-order chi connectivity index (χ0) is 16.2. The molecule has 0 atom stereocenters. The average molecular weight is 310 g/mol. The SMILES string of the molecule is COc1ccccc1NC(=O)NCc1nc2ccccc2n1C. The molecular weight excluding hydrogens is 292 g/mol. The molecule has 0 bridgehead atoms. The molecule has 0 aliphatic carbocycles. The number of anilines is 1. The fourth-order valence-electron chi connectivity index (χ4n) is 2.43. The molecule has 0 spiro atoms. The molecule has 2 N–H and O–H groups in total. The van der Waals surface area contributed by atoms with Crippen LogP contribution >= 0.6 is 0 Å². The molecule has 3 aromatic rings. The Morgan fingerprint density at radius 1 is 1.17 bits per heavy atom. The molecule has 1 heterocycles. The monoisotopic (exact) mass is 310 g/mol. The van der Waals surface area contributed by atoms with Crippen LogP contribution in [0.5, 0.6) is 5.75 Å². The number of carbonyl (C=O) groups excluding carboxylic acids is 1. The van der Waals surface area contributed by atoms with Gasteiger partial charge in [0.05, 0.1) is 30.4 Å². The van der Waals surface area contributed by atoms with Crippen LogP contribution in [0.25, 0.3) is 11.0 Å². The molecule has 6 heteroatoms. The van der Waals surface area contributed by atoms with Gasteiger partial charge < -0.3 is 19.9 Å². The predicted octanol–water partition coefficient (Wildman–Crippen LogP) is 2.90. The summed E-state index contributed by atoms with van der Waals surface area (Å²) in [5.41, 5.74) is 2.57. The summed E-state index contributed by atoms with van der Waals surface area (Å²) in [4.78, 5) is 16.6. The van der Waals surface area contributed by atoms with Crippen molar-refractivity contribution in [3.05, 3.63) is 54.4 Å². The number of rotatable bonds is 4. The van der Waals surface area contributed by atoms with Crippen LogP contribution in [0.15, 0.2) is 48.5 Å². The number of methoxy groups -OCH3 is 1. The Morgan fingerprint density at radius 2 is 1.91 bits per heavy atom. The number of nitrogens with zero attached hydrogens (tertiary/aromatic N) is 2. The first-order valence-electron chi connectivity index (χ1n) is 7.27. The van der Waals surface area contributed by atoms with Gasteiger partial charge in [0.25, 0.3) is 0 Å². The van der Waals surface area contributed by atoms with Crippen molar-refractivity contribution in [3.8, 4) is 5.75 Å². The molecule has 0 saturated heterocycles. The number of hydrogen-bond donors (Lipinski definition) is 2. The van der Waals surface area contributed by atoms with Gasteiger partial charge in [0, 0.05) is 7.05 Å². The Kier molecular flexibility index (Phi) is 4.14. The van der Waals surface area contributed by atoms with Gasteiger partial charge in [0.2, 0.25) is 0 Å². The number of para-hydroxylation sites is 4. The summed E-state index contributed by atoms with van der Waals surface area (Å²) in [6.07, 6.45) is 0. The molecule has 1 aromatic heterocycles. The average Bonchev–Trinajstić information content (AvgIpc) is 2.90. The molecule has 0 radical (unpaired) electrons. The third-order valence-electron chi connectivity index (χ3n) is 3.64. The Morgan fingerprint density at radius 3 is 2.70 bits per heavy atom. The molecular formula is C17H18N4O2. The number of aryl methyl sites for hydroxylation is 1. The second-order valence-corrected chi connectivity index (χ2v) is 5.08. The molecule has 2 amide bonds. The van der Waals surface area contributed by atoms with Crippen LogP contribution in [-0.4, -0.2) is 22.7 Å². The molecule has 3 rings (SSSR count). The number of aromatic nitrogens is 2. The topological polar surface area (TPSA) is 68.2 Å². The van der Waals surface area contributed by atoms with Crippen molar-refractivity contribution in [2.75, 3.05) is 12.4 Å². The number of benzene rings is 2. The zero-order valence-corrected chi connectivity index (χ0v) is 13.0. The molecule has 0 fully saturated rings. The van der Waals surface area contributed by atoms with Gasteiger partial charge in [0.1, 0.15) is 11.6 Å². The van der Waals surface area contributed by atoms with E-state index in [1.807, 2.05) is 48.0 Å². The van der Waals surface area contributed by atoms with Crippen molar-refractivity contribution < 1.29 is 9.53 Å². The van der Waals surface area contributed by atoms with Crippen LogP contribution in [0.1, 0.15) is 5.82 Å². The minimum Gasteiger partial charge on any atom is -0.495 e. The molecule has 0 saturated carbocycles. The lowest BCUT2D eigenvalue weighted by Crippen LogP contribution is -2.29. The van der Waals surface area contributed by atoms with Gasteiger partial charge in [-0.05, 0) is 24.3 Å². The summed E-state index contributed by atoms with van der Waals surface area (Å²) in [6, 6.07) is 14.8. The van der Waals surface area contributed by atoms with Gasteiger partial charge in [-0.15, -0.1) is 0 Å². The number of imidazole rings is 1. The first-order chi connectivity index (χ1) is 11.2. The van der Waals surface area contributed by atoms with Gasteiger partial charge in [0.15, 0.2) is 0 Å². The lowest BCUT2D eigenvalue weighted by Gasteiger charge is -2.10. The molecule has 2 aromatic carbocycles. The quantitative estimate of drug-likeness (QED) is 0.778. The molecule has 0 aliphatic rings. The molecule has 6 nitrogen and oxygen atoms in total. The number of fused-ring (bicyclic) bond motifs is 1. The predicted molar refractivity (Wildman–Crippen MR) is 89.6 cm³/mol. The largest absolute Gasteiger partial charge is 0.495 e. The fourth-order valence-corrected chi connectivity index (χ4v) is 2.43. The highest BCUT2D eigenvalue weighted by Gasteiger charge is 2.10. The van der Waals surface area contributed by atoms with Gasteiger partial charge in [-0.1, -0.05) is 24.3 Å². The Hall–Kier alpha value is -3.02. The van der Waals surface area contributed by atoms with E-state index < -0.39 is 0 Å². The highest BCUT2D eigenvalue weighted by atomic mass is 16.5. The maximum Gasteiger partial charge on any atom is 0.319 e. The summed E-state index contributed by atoms with van der Waals surface area (Å²) in [7, 11) is 3.50. The van der Waals surface area contributed by atoms with Gasteiger partial charge >= 0.3 is 6.03 Å². The number of amides is 2. The molecule has 23 heavy (non-hydrogen) atoms. The highest BCUT2D eigenvalue weighted by molar-refractivity contribution is 5.90. The smallest absolute Gasteiger partial charge is 0.319 e. The normalized spacial score (nSPS) is 10.5. The van der Waals surface area contributed by atoms with Gasteiger partial charge in [-0.3, -0.25) is 0 Å². The summed E-state index contributed by atoms with van der Waals surface area (Å²) >= 11 is 0. The number of carbonyl (C=O) groups is 1.